The molecule has 0 unspecified atom stereocenters. The van der Waals surface area contributed by atoms with Gasteiger partial charge in [-0.05, 0) is 42.3 Å². The molecule has 2 amide bonds. The first-order valence-electron chi connectivity index (χ1n) is 10.6. The van der Waals surface area contributed by atoms with Gasteiger partial charge in [0.1, 0.15) is 5.75 Å². The van der Waals surface area contributed by atoms with Crippen molar-refractivity contribution in [1.82, 2.24) is 15.2 Å². The van der Waals surface area contributed by atoms with Crippen molar-refractivity contribution in [2.24, 2.45) is 5.10 Å². The van der Waals surface area contributed by atoms with E-state index in [1.807, 2.05) is 4.90 Å². The van der Waals surface area contributed by atoms with E-state index in [4.69, 9.17) is 0 Å². The maximum absolute atomic E-state index is 12.7. The Hall–Kier alpha value is -3.66. The Balaban J connectivity index is 1.46. The summed E-state index contributed by atoms with van der Waals surface area (Å²) in [5.41, 5.74) is 2.98. The van der Waals surface area contributed by atoms with Crippen molar-refractivity contribution in [2.45, 2.75) is 12.6 Å². The van der Waals surface area contributed by atoms with Crippen LogP contribution in [0, 0.1) is 0 Å². The number of allylic oxidation sites excluding steroid dienone is 1. The van der Waals surface area contributed by atoms with Gasteiger partial charge in [0, 0.05) is 37.3 Å². The van der Waals surface area contributed by atoms with Crippen LogP contribution in [0.25, 0.3) is 0 Å². The number of hydrogen-bond donors (Lipinski definition) is 2. The summed E-state index contributed by atoms with van der Waals surface area (Å²) in [6.07, 6.45) is -0.907. The Labute approximate surface area is 195 Å². The first-order chi connectivity index (χ1) is 16.2. The Morgan fingerprint density at radius 1 is 1.09 bits per heavy atom. The summed E-state index contributed by atoms with van der Waals surface area (Å²) >= 11 is 0. The highest BCUT2D eigenvalue weighted by Gasteiger charge is 2.30. The number of phenols is 1. The molecule has 1 aliphatic heterocycles. The molecule has 10 heteroatoms. The number of piperazine rings is 1. The lowest BCUT2D eigenvalue weighted by Gasteiger charge is -2.34. The lowest BCUT2D eigenvalue weighted by atomic mass is 10.1. The van der Waals surface area contributed by atoms with E-state index in [0.717, 1.165) is 12.1 Å². The molecular formula is C24H25F3N4O3. The molecule has 2 N–H and O–H groups in total. The molecular weight excluding hydrogens is 449 g/mol. The highest BCUT2D eigenvalue weighted by Crippen LogP contribution is 2.29. The number of para-hydroxylation sites is 1. The van der Waals surface area contributed by atoms with Gasteiger partial charge in [-0.15, -0.1) is 6.58 Å². The molecule has 1 saturated heterocycles. The van der Waals surface area contributed by atoms with Crippen LogP contribution in [0.2, 0.25) is 0 Å². The number of phenolic OH excluding ortho intramolecular Hbond substituents is 1. The maximum atomic E-state index is 12.7. The van der Waals surface area contributed by atoms with Crippen LogP contribution >= 0.6 is 0 Å². The summed E-state index contributed by atoms with van der Waals surface area (Å²) in [6.45, 7) is 5.29. The first-order valence-corrected chi connectivity index (χ1v) is 10.6. The monoisotopic (exact) mass is 474 g/mol. The minimum absolute atomic E-state index is 0.0716. The topological polar surface area (TPSA) is 85.2 Å². The van der Waals surface area contributed by atoms with Crippen molar-refractivity contribution >= 4 is 18.0 Å². The molecule has 7 nitrogen and oxygen atoms in total. The van der Waals surface area contributed by atoms with Gasteiger partial charge in [0.2, 0.25) is 0 Å². The fourth-order valence-corrected chi connectivity index (χ4v) is 3.54. The van der Waals surface area contributed by atoms with Gasteiger partial charge < -0.3 is 10.0 Å². The van der Waals surface area contributed by atoms with Crippen LogP contribution in [0.1, 0.15) is 27.0 Å². The highest BCUT2D eigenvalue weighted by atomic mass is 19.4. The fraction of sp³-hybridized carbons (Fsp3) is 0.292. The molecule has 0 atom stereocenters. The van der Waals surface area contributed by atoms with Gasteiger partial charge >= 0.3 is 6.18 Å². The Morgan fingerprint density at radius 3 is 2.38 bits per heavy atom. The van der Waals surface area contributed by atoms with Crippen LogP contribution in [0.5, 0.6) is 5.75 Å². The molecule has 3 rings (SSSR count). The molecule has 2 aromatic carbocycles. The standard InChI is InChI=1S/C24H25F3N4O3/c1-2-4-17-5-3-6-19(22(17)33)15-28-29-21(32)16-30-11-13-31(14-12-30)23(34)18-7-9-20(10-8-18)24(25,26)27/h2-3,5-10,15,33H,1,4,11-14,16H2,(H,29,32). The lowest BCUT2D eigenvalue weighted by molar-refractivity contribution is -0.137. The SMILES string of the molecule is C=CCc1cccc(C=NNC(=O)CN2CCN(C(=O)c3ccc(C(F)(F)F)cc3)CC2)c1O. The van der Waals surface area contributed by atoms with E-state index >= 15 is 0 Å². The third kappa shape index (κ3) is 6.44. The van der Waals surface area contributed by atoms with Crippen LogP contribution < -0.4 is 5.43 Å². The largest absolute Gasteiger partial charge is 0.507 e. The second-order valence-corrected chi connectivity index (χ2v) is 7.78. The third-order valence-electron chi connectivity index (χ3n) is 5.39. The Bertz CT molecular complexity index is 1060. The summed E-state index contributed by atoms with van der Waals surface area (Å²) in [7, 11) is 0. The second kappa shape index (κ2) is 11.0. The number of rotatable bonds is 7. The molecule has 180 valence electrons. The maximum Gasteiger partial charge on any atom is 0.416 e. The molecule has 0 bridgehead atoms. The number of nitrogens with one attached hydrogen (secondary N) is 1. The molecule has 1 aliphatic rings. The summed E-state index contributed by atoms with van der Waals surface area (Å²) in [6, 6.07) is 9.35. The van der Waals surface area contributed by atoms with E-state index in [-0.39, 0.29) is 29.7 Å². The van der Waals surface area contributed by atoms with E-state index < -0.39 is 11.7 Å². The van der Waals surface area contributed by atoms with Crippen LogP contribution in [0.4, 0.5) is 13.2 Å². The average Bonchev–Trinajstić information content (AvgIpc) is 2.81. The number of nitrogens with zero attached hydrogens (tertiary/aromatic N) is 3. The van der Waals surface area contributed by atoms with Crippen LogP contribution in [-0.4, -0.2) is 65.7 Å². The Morgan fingerprint density at radius 2 is 1.76 bits per heavy atom. The van der Waals surface area contributed by atoms with Crippen LogP contribution in [0.15, 0.2) is 60.2 Å². The minimum atomic E-state index is -4.45. The quantitative estimate of drug-likeness (QED) is 0.367. The van der Waals surface area contributed by atoms with Crippen molar-refractivity contribution in [3.05, 3.63) is 77.4 Å². The van der Waals surface area contributed by atoms with Gasteiger partial charge in [-0.1, -0.05) is 18.2 Å². The highest BCUT2D eigenvalue weighted by molar-refractivity contribution is 5.94. The van der Waals surface area contributed by atoms with E-state index in [0.29, 0.717) is 43.7 Å². The van der Waals surface area contributed by atoms with Gasteiger partial charge in [0.25, 0.3) is 11.8 Å². The number of hydrazone groups is 1. The summed E-state index contributed by atoms with van der Waals surface area (Å²) in [5.74, 6) is -0.615. The molecule has 0 aliphatic carbocycles. The van der Waals surface area contributed by atoms with Gasteiger partial charge in [0.05, 0.1) is 18.3 Å². The predicted molar refractivity (Wildman–Crippen MR) is 122 cm³/mol. The zero-order chi connectivity index (χ0) is 24.7. The zero-order valence-electron chi connectivity index (χ0n) is 18.4. The van der Waals surface area contributed by atoms with E-state index in [2.05, 4.69) is 17.1 Å². The normalized spacial score (nSPS) is 14.9. The smallest absolute Gasteiger partial charge is 0.416 e. The number of amides is 2. The van der Waals surface area contributed by atoms with Crippen molar-refractivity contribution in [3.8, 4) is 5.75 Å². The fourth-order valence-electron chi connectivity index (χ4n) is 3.54. The van der Waals surface area contributed by atoms with Gasteiger partial charge in [-0.3, -0.25) is 14.5 Å². The van der Waals surface area contributed by atoms with Crippen molar-refractivity contribution in [3.63, 3.8) is 0 Å². The number of carbonyl (C=O) groups excluding carboxylic acids is 2. The van der Waals surface area contributed by atoms with E-state index in [9.17, 15) is 27.9 Å². The number of halogens is 3. The third-order valence-corrected chi connectivity index (χ3v) is 5.39. The average molecular weight is 474 g/mol. The number of hydrogen-bond acceptors (Lipinski definition) is 5. The summed E-state index contributed by atoms with van der Waals surface area (Å²) in [4.78, 5) is 28.2. The van der Waals surface area contributed by atoms with Gasteiger partial charge in [0.15, 0.2) is 0 Å². The van der Waals surface area contributed by atoms with Crippen molar-refractivity contribution in [2.75, 3.05) is 32.7 Å². The summed E-state index contributed by atoms with van der Waals surface area (Å²) in [5, 5.41) is 14.1. The second-order valence-electron chi connectivity index (χ2n) is 7.78. The molecule has 0 spiro atoms. The molecule has 1 heterocycles. The molecule has 2 aromatic rings. The van der Waals surface area contributed by atoms with Gasteiger partial charge in [-0.25, -0.2) is 5.43 Å². The van der Waals surface area contributed by atoms with Crippen LogP contribution in [-0.2, 0) is 17.4 Å². The zero-order valence-corrected chi connectivity index (χ0v) is 18.4. The van der Waals surface area contributed by atoms with E-state index in [1.54, 1.807) is 29.2 Å². The molecule has 1 fully saturated rings. The Kier molecular flexibility index (Phi) is 8.06. The predicted octanol–water partition coefficient (Wildman–Crippen LogP) is 3.05. The van der Waals surface area contributed by atoms with Crippen molar-refractivity contribution < 1.29 is 27.9 Å². The first kappa shape index (κ1) is 25.0. The molecule has 34 heavy (non-hydrogen) atoms. The van der Waals surface area contributed by atoms with E-state index in [1.165, 1.54) is 18.3 Å². The van der Waals surface area contributed by atoms with Gasteiger partial charge in [-0.2, -0.15) is 18.3 Å². The van der Waals surface area contributed by atoms with Crippen LogP contribution in [0.3, 0.4) is 0 Å². The van der Waals surface area contributed by atoms with Crippen molar-refractivity contribution in [1.29, 1.82) is 0 Å². The number of alkyl halides is 3. The number of carbonyl (C=O) groups is 2. The molecule has 0 saturated carbocycles. The molecule has 0 aromatic heterocycles. The lowest BCUT2D eigenvalue weighted by Crippen LogP contribution is -2.50. The number of aromatic hydroxyl groups is 1. The number of benzene rings is 2. The molecule has 0 radical (unpaired) electrons. The summed E-state index contributed by atoms with van der Waals surface area (Å²) < 4.78 is 38.1. The minimum Gasteiger partial charge on any atom is -0.507 e.